The summed E-state index contributed by atoms with van der Waals surface area (Å²) in [7, 11) is 0. The maximum atomic E-state index is 12.3. The van der Waals surface area contributed by atoms with Gasteiger partial charge in [0.25, 0.3) is 0 Å². The maximum Gasteiger partial charge on any atom is 0.248 e. The molecule has 5 nitrogen and oxygen atoms in total. The molecular weight excluding hydrogens is 266 g/mol. The number of ether oxygens (including phenoxy) is 1. The summed E-state index contributed by atoms with van der Waals surface area (Å²) >= 11 is 0. The van der Waals surface area contributed by atoms with Gasteiger partial charge < -0.3 is 14.2 Å². The Bertz CT molecular complexity index is 480. The second kappa shape index (κ2) is 6.60. The normalized spacial score (nSPS) is 23.7. The van der Waals surface area contributed by atoms with Gasteiger partial charge >= 0.3 is 0 Å². The molecule has 2 aliphatic rings. The molecule has 0 unspecified atom stereocenters. The van der Waals surface area contributed by atoms with Crippen molar-refractivity contribution in [1.82, 2.24) is 14.5 Å². The zero-order chi connectivity index (χ0) is 14.7. The topological polar surface area (TPSA) is 47.4 Å². The van der Waals surface area contributed by atoms with Gasteiger partial charge in [0.1, 0.15) is 12.4 Å². The van der Waals surface area contributed by atoms with Crippen molar-refractivity contribution in [2.24, 2.45) is 0 Å². The van der Waals surface area contributed by atoms with Crippen molar-refractivity contribution in [2.75, 3.05) is 19.7 Å². The molecule has 0 radical (unpaired) electrons. The molecule has 0 N–H and O–H groups in total. The average molecular weight is 291 g/mol. The Kier molecular flexibility index (Phi) is 4.58. The molecule has 2 heterocycles. The number of carbonyl (C=O) groups excluding carboxylic acids is 1. The van der Waals surface area contributed by atoms with Gasteiger partial charge in [0.15, 0.2) is 0 Å². The summed E-state index contributed by atoms with van der Waals surface area (Å²) < 4.78 is 7.95. The highest BCUT2D eigenvalue weighted by Gasteiger charge is 2.26. The van der Waals surface area contributed by atoms with Crippen LogP contribution in [-0.4, -0.2) is 46.2 Å². The number of likely N-dealkylation sites (tertiary alicyclic amines) is 1. The number of nitrogens with zero attached hydrogens (tertiary/aromatic N) is 3. The van der Waals surface area contributed by atoms with Crippen molar-refractivity contribution >= 4 is 5.91 Å². The molecule has 1 atom stereocenters. The SMILES string of the molecule is Cc1nccn1[C@H]1CCCN(C(=O)COC2CCCC2)C1. The number of hydrogen-bond acceptors (Lipinski definition) is 3. The Morgan fingerprint density at radius 1 is 1.33 bits per heavy atom. The summed E-state index contributed by atoms with van der Waals surface area (Å²) in [6.45, 7) is 3.91. The van der Waals surface area contributed by atoms with Crippen LogP contribution in [0.25, 0.3) is 0 Å². The van der Waals surface area contributed by atoms with Crippen molar-refractivity contribution in [2.45, 2.75) is 57.6 Å². The summed E-state index contributed by atoms with van der Waals surface area (Å²) in [5.74, 6) is 1.17. The third-order valence-corrected chi connectivity index (χ3v) is 4.75. The highest BCUT2D eigenvalue weighted by atomic mass is 16.5. The highest BCUT2D eigenvalue weighted by Crippen LogP contribution is 2.24. The van der Waals surface area contributed by atoms with E-state index < -0.39 is 0 Å². The number of amides is 1. The van der Waals surface area contributed by atoms with E-state index in [1.807, 2.05) is 24.2 Å². The monoisotopic (exact) mass is 291 g/mol. The number of aromatic nitrogens is 2. The quantitative estimate of drug-likeness (QED) is 0.855. The first-order valence-corrected chi connectivity index (χ1v) is 8.13. The molecule has 1 saturated carbocycles. The number of rotatable bonds is 4. The number of imidazole rings is 1. The minimum atomic E-state index is 0.143. The van der Waals surface area contributed by atoms with E-state index in [0.717, 1.165) is 44.6 Å². The fraction of sp³-hybridized carbons (Fsp3) is 0.750. The molecule has 1 aliphatic carbocycles. The third-order valence-electron chi connectivity index (χ3n) is 4.75. The van der Waals surface area contributed by atoms with Crippen LogP contribution in [0, 0.1) is 6.92 Å². The first-order valence-electron chi connectivity index (χ1n) is 8.13. The van der Waals surface area contributed by atoms with Gasteiger partial charge in [0.05, 0.1) is 12.1 Å². The smallest absolute Gasteiger partial charge is 0.248 e. The van der Waals surface area contributed by atoms with E-state index in [1.165, 1.54) is 12.8 Å². The predicted molar refractivity (Wildman–Crippen MR) is 80.0 cm³/mol. The van der Waals surface area contributed by atoms with E-state index in [-0.39, 0.29) is 12.5 Å². The molecule has 2 fully saturated rings. The van der Waals surface area contributed by atoms with Crippen LogP contribution in [0.4, 0.5) is 0 Å². The third kappa shape index (κ3) is 3.46. The number of aryl methyl sites for hydroxylation is 1. The van der Waals surface area contributed by atoms with Gasteiger partial charge in [-0.1, -0.05) is 12.8 Å². The summed E-state index contributed by atoms with van der Waals surface area (Å²) in [5.41, 5.74) is 0. The Hall–Kier alpha value is -1.36. The molecule has 116 valence electrons. The molecule has 0 aromatic carbocycles. The Labute approximate surface area is 126 Å². The van der Waals surface area contributed by atoms with Gasteiger partial charge in [0, 0.05) is 25.5 Å². The van der Waals surface area contributed by atoms with E-state index in [2.05, 4.69) is 9.55 Å². The maximum absolute atomic E-state index is 12.3. The Morgan fingerprint density at radius 3 is 2.86 bits per heavy atom. The molecule has 1 saturated heterocycles. The molecule has 0 spiro atoms. The molecular formula is C16H25N3O2. The van der Waals surface area contributed by atoms with Gasteiger partial charge in [-0.3, -0.25) is 4.79 Å². The first-order chi connectivity index (χ1) is 10.2. The van der Waals surface area contributed by atoms with Crippen molar-refractivity contribution < 1.29 is 9.53 Å². The van der Waals surface area contributed by atoms with Crippen LogP contribution >= 0.6 is 0 Å². The summed E-state index contributed by atoms with van der Waals surface area (Å²) in [5, 5.41) is 0. The van der Waals surface area contributed by atoms with Crippen molar-refractivity contribution in [3.63, 3.8) is 0 Å². The lowest BCUT2D eigenvalue weighted by atomic mass is 10.1. The van der Waals surface area contributed by atoms with Crippen LogP contribution in [0.2, 0.25) is 0 Å². The second-order valence-corrected chi connectivity index (χ2v) is 6.24. The molecule has 1 aromatic heterocycles. The lowest BCUT2D eigenvalue weighted by Crippen LogP contribution is -2.42. The van der Waals surface area contributed by atoms with Gasteiger partial charge in [-0.2, -0.15) is 0 Å². The van der Waals surface area contributed by atoms with Crippen LogP contribution in [-0.2, 0) is 9.53 Å². The fourth-order valence-electron chi connectivity index (χ4n) is 3.52. The zero-order valence-electron chi connectivity index (χ0n) is 12.8. The summed E-state index contributed by atoms with van der Waals surface area (Å²) in [6, 6.07) is 0.358. The van der Waals surface area contributed by atoms with Crippen LogP contribution in [0.5, 0.6) is 0 Å². The Morgan fingerprint density at radius 2 is 2.14 bits per heavy atom. The van der Waals surface area contributed by atoms with E-state index in [9.17, 15) is 4.79 Å². The molecule has 5 heteroatoms. The first kappa shape index (κ1) is 14.6. The molecule has 0 bridgehead atoms. The van der Waals surface area contributed by atoms with Gasteiger partial charge in [-0.15, -0.1) is 0 Å². The van der Waals surface area contributed by atoms with Crippen molar-refractivity contribution in [3.8, 4) is 0 Å². The average Bonchev–Trinajstić information content (AvgIpc) is 3.16. The van der Waals surface area contributed by atoms with Gasteiger partial charge in [0.2, 0.25) is 5.91 Å². The molecule has 1 amide bonds. The molecule has 3 rings (SSSR count). The summed E-state index contributed by atoms with van der Waals surface area (Å²) in [6.07, 6.45) is 11.0. The molecule has 1 aliphatic heterocycles. The number of carbonyl (C=O) groups is 1. The minimum absolute atomic E-state index is 0.143. The molecule has 1 aromatic rings. The van der Waals surface area contributed by atoms with Crippen molar-refractivity contribution in [3.05, 3.63) is 18.2 Å². The number of piperidine rings is 1. The van der Waals surface area contributed by atoms with Crippen LogP contribution in [0.1, 0.15) is 50.4 Å². The number of hydrogen-bond donors (Lipinski definition) is 0. The van der Waals surface area contributed by atoms with E-state index in [1.54, 1.807) is 0 Å². The predicted octanol–water partition coefficient (Wildman–Crippen LogP) is 2.31. The highest BCUT2D eigenvalue weighted by molar-refractivity contribution is 5.77. The fourth-order valence-corrected chi connectivity index (χ4v) is 3.52. The second-order valence-electron chi connectivity index (χ2n) is 6.24. The van der Waals surface area contributed by atoms with Crippen LogP contribution < -0.4 is 0 Å². The van der Waals surface area contributed by atoms with Crippen LogP contribution in [0.15, 0.2) is 12.4 Å². The molecule has 21 heavy (non-hydrogen) atoms. The van der Waals surface area contributed by atoms with E-state index in [4.69, 9.17) is 4.74 Å². The van der Waals surface area contributed by atoms with Gasteiger partial charge in [-0.05, 0) is 32.6 Å². The van der Waals surface area contributed by atoms with Crippen LogP contribution in [0.3, 0.4) is 0 Å². The van der Waals surface area contributed by atoms with E-state index >= 15 is 0 Å². The standard InChI is InChI=1S/C16H25N3O2/c1-13-17-8-10-19(13)14-5-4-9-18(11-14)16(20)12-21-15-6-2-3-7-15/h8,10,14-15H,2-7,9,11-12H2,1H3/t14-/m0/s1. The lowest BCUT2D eigenvalue weighted by Gasteiger charge is -2.34. The Balaban J connectivity index is 1.53. The van der Waals surface area contributed by atoms with Gasteiger partial charge in [-0.25, -0.2) is 4.98 Å². The lowest BCUT2D eigenvalue weighted by molar-refractivity contribution is -0.139. The van der Waals surface area contributed by atoms with E-state index in [0.29, 0.717) is 12.1 Å². The minimum Gasteiger partial charge on any atom is -0.368 e. The largest absolute Gasteiger partial charge is 0.368 e. The zero-order valence-corrected chi connectivity index (χ0v) is 12.8. The summed E-state index contributed by atoms with van der Waals surface area (Å²) in [4.78, 5) is 18.6. The van der Waals surface area contributed by atoms with Crippen molar-refractivity contribution in [1.29, 1.82) is 0 Å².